The highest BCUT2D eigenvalue weighted by Gasteiger charge is 2.20. The molecule has 1 aliphatic rings. The summed E-state index contributed by atoms with van der Waals surface area (Å²) in [7, 11) is 1.65. The number of hydrogen-bond acceptors (Lipinski definition) is 3. The van der Waals surface area contributed by atoms with Crippen molar-refractivity contribution in [3.05, 3.63) is 70.2 Å². The minimum Gasteiger partial charge on any atom is -0.497 e. The summed E-state index contributed by atoms with van der Waals surface area (Å²) in [5.74, 6) is 1.29. The van der Waals surface area contributed by atoms with Gasteiger partial charge in [-0.05, 0) is 74.2 Å². The van der Waals surface area contributed by atoms with Gasteiger partial charge in [-0.3, -0.25) is 4.57 Å². The second-order valence-corrected chi connectivity index (χ2v) is 6.80. The lowest BCUT2D eigenvalue weighted by Gasteiger charge is -2.24. The highest BCUT2D eigenvalue weighted by atomic mass is 32.1. The van der Waals surface area contributed by atoms with E-state index in [1.165, 1.54) is 17.8 Å². The van der Waals surface area contributed by atoms with Crippen molar-refractivity contribution in [3.63, 3.8) is 0 Å². The van der Waals surface area contributed by atoms with Crippen LogP contribution in [0.5, 0.6) is 5.75 Å². The van der Waals surface area contributed by atoms with Crippen molar-refractivity contribution in [1.29, 1.82) is 0 Å². The summed E-state index contributed by atoms with van der Waals surface area (Å²) in [5, 5.41) is 0. The second kappa shape index (κ2) is 7.00. The van der Waals surface area contributed by atoms with Gasteiger partial charge in [0.1, 0.15) is 22.0 Å². The Morgan fingerprint density at radius 3 is 2.38 bits per heavy atom. The van der Waals surface area contributed by atoms with E-state index in [0.29, 0.717) is 4.64 Å². The average Bonchev–Trinajstić information content (AvgIpc) is 2.69. The van der Waals surface area contributed by atoms with E-state index in [-0.39, 0.29) is 5.82 Å². The lowest BCUT2D eigenvalue weighted by atomic mass is 9.96. The molecule has 0 atom stereocenters. The summed E-state index contributed by atoms with van der Waals surface area (Å²) < 4.78 is 21.5. The minimum absolute atomic E-state index is 0.263. The van der Waals surface area contributed by atoms with E-state index in [2.05, 4.69) is 4.57 Å². The van der Waals surface area contributed by atoms with Gasteiger partial charge in [-0.15, -0.1) is 0 Å². The Hall–Kier alpha value is -2.53. The number of halogens is 1. The molecule has 0 unspecified atom stereocenters. The summed E-state index contributed by atoms with van der Waals surface area (Å²) in [4.78, 5) is 4.73. The van der Waals surface area contributed by atoms with E-state index in [4.69, 9.17) is 21.9 Å². The molecule has 0 saturated heterocycles. The van der Waals surface area contributed by atoms with Gasteiger partial charge in [0, 0.05) is 22.5 Å². The molecule has 5 heteroatoms. The van der Waals surface area contributed by atoms with E-state index < -0.39 is 0 Å². The molecule has 1 heterocycles. The first-order valence-electron chi connectivity index (χ1n) is 8.72. The molecule has 3 nitrogen and oxygen atoms in total. The zero-order valence-corrected chi connectivity index (χ0v) is 15.4. The third-order valence-corrected chi connectivity index (χ3v) is 5.16. The van der Waals surface area contributed by atoms with Crippen LogP contribution in [0.25, 0.3) is 17.1 Å². The van der Waals surface area contributed by atoms with Crippen LogP contribution in [-0.2, 0) is 12.8 Å². The van der Waals surface area contributed by atoms with Crippen molar-refractivity contribution in [2.45, 2.75) is 25.7 Å². The summed E-state index contributed by atoms with van der Waals surface area (Å²) >= 11 is 5.58. The predicted octanol–water partition coefficient (Wildman–Crippen LogP) is 5.30. The van der Waals surface area contributed by atoms with Gasteiger partial charge in [-0.2, -0.15) is 0 Å². The lowest BCUT2D eigenvalue weighted by Crippen LogP contribution is -2.17. The van der Waals surface area contributed by atoms with Crippen LogP contribution in [0.4, 0.5) is 4.39 Å². The Morgan fingerprint density at radius 2 is 1.69 bits per heavy atom. The number of aromatic nitrogens is 2. The van der Waals surface area contributed by atoms with E-state index in [1.54, 1.807) is 19.2 Å². The molecule has 26 heavy (non-hydrogen) atoms. The minimum atomic E-state index is -0.263. The molecule has 0 spiro atoms. The Balaban J connectivity index is 1.99. The zero-order chi connectivity index (χ0) is 18.1. The fourth-order valence-electron chi connectivity index (χ4n) is 3.51. The fraction of sp³-hybridized carbons (Fsp3) is 0.238. The number of hydrogen-bond donors (Lipinski definition) is 0. The normalized spacial score (nSPS) is 13.3. The molecule has 3 aromatic rings. The fourth-order valence-corrected chi connectivity index (χ4v) is 3.82. The van der Waals surface area contributed by atoms with Gasteiger partial charge in [0.05, 0.1) is 7.11 Å². The summed E-state index contributed by atoms with van der Waals surface area (Å²) in [5.41, 5.74) is 4.22. The first kappa shape index (κ1) is 16.9. The van der Waals surface area contributed by atoms with Crippen molar-refractivity contribution in [2.75, 3.05) is 7.11 Å². The van der Waals surface area contributed by atoms with E-state index in [0.717, 1.165) is 54.1 Å². The number of fused-ring (bicyclic) bond motifs is 1. The molecule has 0 saturated carbocycles. The van der Waals surface area contributed by atoms with Crippen molar-refractivity contribution >= 4 is 12.2 Å². The van der Waals surface area contributed by atoms with Gasteiger partial charge in [0.25, 0.3) is 0 Å². The number of benzene rings is 2. The second-order valence-electron chi connectivity index (χ2n) is 6.41. The maximum atomic E-state index is 13.4. The highest BCUT2D eigenvalue weighted by molar-refractivity contribution is 7.71. The van der Waals surface area contributed by atoms with Crippen molar-refractivity contribution in [1.82, 2.24) is 9.55 Å². The number of ether oxygens (including phenoxy) is 1. The topological polar surface area (TPSA) is 27.1 Å². The first-order valence-corrected chi connectivity index (χ1v) is 9.13. The Labute approximate surface area is 157 Å². The molecule has 132 valence electrons. The smallest absolute Gasteiger partial charge is 0.146 e. The van der Waals surface area contributed by atoms with Gasteiger partial charge in [-0.25, -0.2) is 9.37 Å². The van der Waals surface area contributed by atoms with E-state index >= 15 is 0 Å². The third kappa shape index (κ3) is 3.03. The Morgan fingerprint density at radius 1 is 1.00 bits per heavy atom. The summed E-state index contributed by atoms with van der Waals surface area (Å²) in [6, 6.07) is 14.3. The molecule has 1 aromatic heterocycles. The largest absolute Gasteiger partial charge is 0.497 e. The predicted molar refractivity (Wildman–Crippen MR) is 103 cm³/mol. The van der Waals surface area contributed by atoms with Crippen LogP contribution in [0, 0.1) is 10.5 Å². The molecule has 4 rings (SSSR count). The van der Waals surface area contributed by atoms with Crippen LogP contribution in [0.2, 0.25) is 0 Å². The zero-order valence-electron chi connectivity index (χ0n) is 14.5. The molecule has 0 radical (unpaired) electrons. The van der Waals surface area contributed by atoms with Crippen LogP contribution in [0.15, 0.2) is 48.5 Å². The molecule has 0 bridgehead atoms. The van der Waals surface area contributed by atoms with Gasteiger partial charge in [0.2, 0.25) is 0 Å². The van der Waals surface area contributed by atoms with Crippen LogP contribution in [0.1, 0.15) is 24.1 Å². The quantitative estimate of drug-likeness (QED) is 0.589. The van der Waals surface area contributed by atoms with Crippen LogP contribution in [-0.4, -0.2) is 16.7 Å². The SMILES string of the molecule is COc1ccc(-n2c(-c3ccc(F)cc3)nc(=S)c3c2CCCC3)cc1. The molecule has 1 aliphatic carbocycles. The maximum Gasteiger partial charge on any atom is 0.146 e. The van der Waals surface area contributed by atoms with E-state index in [1.807, 2.05) is 24.3 Å². The molecule has 0 aliphatic heterocycles. The highest BCUT2D eigenvalue weighted by Crippen LogP contribution is 2.31. The van der Waals surface area contributed by atoms with E-state index in [9.17, 15) is 4.39 Å². The number of methoxy groups -OCH3 is 1. The maximum absolute atomic E-state index is 13.4. The van der Waals surface area contributed by atoms with Crippen molar-refractivity contribution in [2.24, 2.45) is 0 Å². The van der Waals surface area contributed by atoms with Gasteiger partial charge < -0.3 is 4.74 Å². The Bertz CT molecular complexity index is 994. The molecular formula is C21H19FN2OS. The first-order chi connectivity index (χ1) is 12.7. The van der Waals surface area contributed by atoms with Gasteiger partial charge >= 0.3 is 0 Å². The summed E-state index contributed by atoms with van der Waals surface area (Å²) in [6.07, 6.45) is 4.18. The molecule has 0 fully saturated rings. The number of nitrogens with zero attached hydrogens (tertiary/aromatic N) is 2. The van der Waals surface area contributed by atoms with Crippen LogP contribution >= 0.6 is 12.2 Å². The molecular weight excluding hydrogens is 347 g/mol. The van der Waals surface area contributed by atoms with Crippen LogP contribution < -0.4 is 4.74 Å². The monoisotopic (exact) mass is 366 g/mol. The molecule has 0 amide bonds. The van der Waals surface area contributed by atoms with Gasteiger partial charge in [0.15, 0.2) is 0 Å². The third-order valence-electron chi connectivity index (χ3n) is 4.82. The summed E-state index contributed by atoms with van der Waals surface area (Å²) in [6.45, 7) is 0. The molecule has 2 aromatic carbocycles. The van der Waals surface area contributed by atoms with Gasteiger partial charge in [-0.1, -0.05) is 12.2 Å². The van der Waals surface area contributed by atoms with Crippen molar-refractivity contribution < 1.29 is 9.13 Å². The Kier molecular flexibility index (Phi) is 4.55. The lowest BCUT2D eigenvalue weighted by molar-refractivity contribution is 0.414. The standard InChI is InChI=1S/C21H19FN2OS/c1-25-17-12-10-16(11-13-17)24-19-5-3-2-4-18(19)21(26)23-20(24)14-6-8-15(22)9-7-14/h6-13H,2-5H2,1H3. The number of rotatable bonds is 3. The molecule has 0 N–H and O–H groups in total. The van der Waals surface area contributed by atoms with Crippen molar-refractivity contribution in [3.8, 4) is 22.8 Å². The van der Waals surface area contributed by atoms with Crippen LogP contribution in [0.3, 0.4) is 0 Å². The average molecular weight is 366 g/mol.